The third kappa shape index (κ3) is 2.83. The molecule has 0 aliphatic carbocycles. The molecule has 1 aromatic heterocycles. The van der Waals surface area contributed by atoms with E-state index in [0.717, 1.165) is 0 Å². The monoisotopic (exact) mass is 212 g/mol. The number of carbonyl (C=O) groups excluding carboxylic acids is 1. The maximum Gasteiger partial charge on any atom is 0.373 e. The molecule has 82 valence electrons. The molecule has 0 aromatic carbocycles. The van der Waals surface area contributed by atoms with Gasteiger partial charge >= 0.3 is 11.9 Å². The summed E-state index contributed by atoms with van der Waals surface area (Å²) in [5.41, 5.74) is 0. The van der Waals surface area contributed by atoms with Crippen LogP contribution in [0, 0.1) is 0 Å². The summed E-state index contributed by atoms with van der Waals surface area (Å²) in [6.45, 7) is 1.72. The molecule has 1 rings (SSSR count). The van der Waals surface area contributed by atoms with Crippen molar-refractivity contribution in [3.63, 3.8) is 0 Å². The molecule has 1 aromatic rings. The standard InChI is InChI=1S/C10H12O5/c1-6(5-9(11)12)7-3-4-8(15-7)10(13)14-2/h3-4,6H,5H2,1-2H3,(H,11,12). The largest absolute Gasteiger partial charge is 0.481 e. The summed E-state index contributed by atoms with van der Waals surface area (Å²) in [7, 11) is 1.26. The summed E-state index contributed by atoms with van der Waals surface area (Å²) in [5.74, 6) is -1.18. The molecule has 1 N–H and O–H groups in total. The lowest BCUT2D eigenvalue weighted by Gasteiger charge is -2.03. The Balaban J connectivity index is 2.75. The lowest BCUT2D eigenvalue weighted by molar-refractivity contribution is -0.137. The van der Waals surface area contributed by atoms with Crippen molar-refractivity contribution in [1.29, 1.82) is 0 Å². The number of carbonyl (C=O) groups is 2. The van der Waals surface area contributed by atoms with Crippen molar-refractivity contribution in [2.24, 2.45) is 0 Å². The molecular weight excluding hydrogens is 200 g/mol. The number of aliphatic carboxylic acids is 1. The van der Waals surface area contributed by atoms with E-state index in [4.69, 9.17) is 9.52 Å². The van der Waals surface area contributed by atoms with Crippen LogP contribution in [0.1, 0.15) is 35.6 Å². The molecule has 15 heavy (non-hydrogen) atoms. The van der Waals surface area contributed by atoms with E-state index in [-0.39, 0.29) is 18.1 Å². The normalized spacial score (nSPS) is 12.1. The minimum atomic E-state index is -0.904. The third-order valence-corrected chi connectivity index (χ3v) is 1.98. The lowest BCUT2D eigenvalue weighted by atomic mass is 10.1. The molecule has 1 unspecified atom stereocenters. The van der Waals surface area contributed by atoms with Crippen molar-refractivity contribution in [3.8, 4) is 0 Å². The fourth-order valence-corrected chi connectivity index (χ4v) is 1.19. The van der Waals surface area contributed by atoms with Gasteiger partial charge in [-0.25, -0.2) is 4.79 Å². The third-order valence-electron chi connectivity index (χ3n) is 1.98. The van der Waals surface area contributed by atoms with Crippen LogP contribution in [0.25, 0.3) is 0 Å². The van der Waals surface area contributed by atoms with Crippen molar-refractivity contribution in [2.75, 3.05) is 7.11 Å². The van der Waals surface area contributed by atoms with Gasteiger partial charge in [0.05, 0.1) is 13.5 Å². The van der Waals surface area contributed by atoms with Gasteiger partial charge in [-0.05, 0) is 12.1 Å². The van der Waals surface area contributed by atoms with Crippen LogP contribution < -0.4 is 0 Å². The fourth-order valence-electron chi connectivity index (χ4n) is 1.19. The number of carboxylic acids is 1. The van der Waals surface area contributed by atoms with Crippen molar-refractivity contribution in [3.05, 3.63) is 23.7 Å². The smallest absolute Gasteiger partial charge is 0.373 e. The Bertz CT molecular complexity index is 366. The number of carboxylic acid groups (broad SMARTS) is 1. The Morgan fingerprint density at radius 2 is 2.20 bits per heavy atom. The average molecular weight is 212 g/mol. The zero-order valence-electron chi connectivity index (χ0n) is 8.52. The SMILES string of the molecule is COC(=O)c1ccc(C(C)CC(=O)O)o1. The van der Waals surface area contributed by atoms with Gasteiger partial charge in [-0.3, -0.25) is 4.79 Å². The summed E-state index contributed by atoms with van der Waals surface area (Å²) in [6.07, 6.45) is -0.0336. The Morgan fingerprint density at radius 3 is 2.73 bits per heavy atom. The van der Waals surface area contributed by atoms with Gasteiger partial charge in [0.2, 0.25) is 5.76 Å². The number of hydrogen-bond donors (Lipinski definition) is 1. The predicted molar refractivity (Wildman–Crippen MR) is 50.7 cm³/mol. The van der Waals surface area contributed by atoms with E-state index in [2.05, 4.69) is 4.74 Å². The molecule has 0 amide bonds. The van der Waals surface area contributed by atoms with Crippen LogP contribution in [0.15, 0.2) is 16.5 Å². The minimum Gasteiger partial charge on any atom is -0.481 e. The Morgan fingerprint density at radius 1 is 1.53 bits per heavy atom. The van der Waals surface area contributed by atoms with Gasteiger partial charge in [0, 0.05) is 5.92 Å². The van der Waals surface area contributed by atoms with Crippen molar-refractivity contribution in [2.45, 2.75) is 19.3 Å². The van der Waals surface area contributed by atoms with Gasteiger partial charge in [0.15, 0.2) is 0 Å². The number of methoxy groups -OCH3 is 1. The molecule has 0 bridgehead atoms. The van der Waals surface area contributed by atoms with Crippen molar-refractivity contribution in [1.82, 2.24) is 0 Å². The lowest BCUT2D eigenvalue weighted by Crippen LogP contribution is -2.02. The Hall–Kier alpha value is -1.78. The Labute approximate surface area is 86.6 Å². The molecule has 1 atom stereocenters. The highest BCUT2D eigenvalue weighted by Gasteiger charge is 2.17. The quantitative estimate of drug-likeness (QED) is 0.768. The van der Waals surface area contributed by atoms with Gasteiger partial charge in [0.25, 0.3) is 0 Å². The highest BCUT2D eigenvalue weighted by Crippen LogP contribution is 2.21. The summed E-state index contributed by atoms with van der Waals surface area (Å²) < 4.78 is 9.62. The van der Waals surface area contributed by atoms with Crippen LogP contribution in [0.4, 0.5) is 0 Å². The van der Waals surface area contributed by atoms with Gasteiger partial charge < -0.3 is 14.3 Å². The van der Waals surface area contributed by atoms with Gasteiger partial charge in [-0.2, -0.15) is 0 Å². The molecular formula is C10H12O5. The van der Waals surface area contributed by atoms with Gasteiger partial charge in [-0.1, -0.05) is 6.92 Å². The van der Waals surface area contributed by atoms with Gasteiger partial charge in [-0.15, -0.1) is 0 Å². The highest BCUT2D eigenvalue weighted by atomic mass is 16.5. The molecule has 0 fully saturated rings. The number of ether oxygens (including phenoxy) is 1. The second kappa shape index (κ2) is 4.63. The fraction of sp³-hybridized carbons (Fsp3) is 0.400. The van der Waals surface area contributed by atoms with Crippen molar-refractivity contribution >= 4 is 11.9 Å². The first-order valence-corrected chi connectivity index (χ1v) is 4.44. The maximum atomic E-state index is 11.0. The van der Waals surface area contributed by atoms with Crippen LogP contribution in [0.5, 0.6) is 0 Å². The molecule has 0 aliphatic rings. The second-order valence-corrected chi connectivity index (χ2v) is 3.19. The van der Waals surface area contributed by atoms with E-state index in [1.807, 2.05) is 0 Å². The molecule has 5 nitrogen and oxygen atoms in total. The van der Waals surface area contributed by atoms with E-state index >= 15 is 0 Å². The van der Waals surface area contributed by atoms with E-state index in [1.54, 1.807) is 13.0 Å². The minimum absolute atomic E-state index is 0.0336. The van der Waals surface area contributed by atoms with Crippen molar-refractivity contribution < 1.29 is 23.8 Å². The molecule has 1 heterocycles. The van der Waals surface area contributed by atoms with Crippen LogP contribution in [0.3, 0.4) is 0 Å². The first-order valence-electron chi connectivity index (χ1n) is 4.44. The predicted octanol–water partition coefficient (Wildman–Crippen LogP) is 1.64. The van der Waals surface area contributed by atoms with Crippen LogP contribution >= 0.6 is 0 Å². The molecule has 0 saturated heterocycles. The number of esters is 1. The molecule has 0 spiro atoms. The number of hydrogen-bond acceptors (Lipinski definition) is 4. The first kappa shape index (κ1) is 11.3. The van der Waals surface area contributed by atoms with E-state index < -0.39 is 11.9 Å². The number of rotatable bonds is 4. The Kier molecular flexibility index (Phi) is 3.49. The zero-order chi connectivity index (χ0) is 11.4. The summed E-state index contributed by atoms with van der Waals surface area (Å²) >= 11 is 0. The van der Waals surface area contributed by atoms with E-state index in [9.17, 15) is 9.59 Å². The maximum absolute atomic E-state index is 11.0. The molecule has 0 saturated carbocycles. The topological polar surface area (TPSA) is 76.7 Å². The summed E-state index contributed by atoms with van der Waals surface area (Å²) in [4.78, 5) is 21.5. The van der Waals surface area contributed by atoms with Crippen LogP contribution in [-0.2, 0) is 9.53 Å². The highest BCUT2D eigenvalue weighted by molar-refractivity contribution is 5.86. The van der Waals surface area contributed by atoms with E-state index in [0.29, 0.717) is 5.76 Å². The molecule has 0 radical (unpaired) electrons. The first-order chi connectivity index (χ1) is 7.04. The van der Waals surface area contributed by atoms with Gasteiger partial charge in [0.1, 0.15) is 5.76 Å². The van der Waals surface area contributed by atoms with Crippen LogP contribution in [-0.4, -0.2) is 24.2 Å². The molecule has 5 heteroatoms. The average Bonchev–Trinajstić information content (AvgIpc) is 2.64. The number of furan rings is 1. The van der Waals surface area contributed by atoms with Crippen LogP contribution in [0.2, 0.25) is 0 Å². The zero-order valence-corrected chi connectivity index (χ0v) is 8.52. The molecule has 0 aliphatic heterocycles. The van der Waals surface area contributed by atoms with E-state index in [1.165, 1.54) is 13.2 Å². The summed E-state index contributed by atoms with van der Waals surface area (Å²) in [6, 6.07) is 3.05. The summed E-state index contributed by atoms with van der Waals surface area (Å²) in [5, 5.41) is 8.57. The second-order valence-electron chi connectivity index (χ2n) is 3.19.